The van der Waals surface area contributed by atoms with Gasteiger partial charge < -0.3 is 4.57 Å². The highest BCUT2D eigenvalue weighted by molar-refractivity contribution is 7.67. The monoisotopic (exact) mass is 102 g/mol. The van der Waals surface area contributed by atoms with E-state index in [2.05, 4.69) is 5.66 Å². The van der Waals surface area contributed by atoms with Gasteiger partial charge in [-0.25, -0.2) is 0 Å². The zero-order valence-corrected chi connectivity index (χ0v) is 4.83. The van der Waals surface area contributed by atoms with Crippen LogP contribution in [-0.4, -0.2) is 13.3 Å². The van der Waals surface area contributed by atoms with Gasteiger partial charge in [-0.2, -0.15) is 0 Å². The predicted octanol–water partition coefficient (Wildman–Crippen LogP) is 1.20. The average Bonchev–Trinajstić information content (AvgIpc) is 1.35. The van der Waals surface area contributed by atoms with Gasteiger partial charge in [-0.15, -0.1) is 6.42 Å². The van der Waals surface area contributed by atoms with E-state index in [0.29, 0.717) is 0 Å². The van der Waals surface area contributed by atoms with Gasteiger partial charge in [0.2, 0.25) is 0 Å². The molecule has 0 spiro atoms. The molecule has 0 heterocycles. The van der Waals surface area contributed by atoms with Crippen LogP contribution in [0.1, 0.15) is 0 Å². The summed E-state index contributed by atoms with van der Waals surface area (Å²) in [6, 6.07) is 0. The van der Waals surface area contributed by atoms with Crippen molar-refractivity contribution in [3.8, 4) is 12.1 Å². The van der Waals surface area contributed by atoms with Gasteiger partial charge in [0.05, 0.1) is 0 Å². The molecule has 0 saturated heterocycles. The molecule has 1 nitrogen and oxygen atoms in total. The molecule has 0 amide bonds. The number of rotatable bonds is 0. The van der Waals surface area contributed by atoms with Gasteiger partial charge in [0.15, 0.2) is 0 Å². The topological polar surface area (TPSA) is 17.1 Å². The van der Waals surface area contributed by atoms with E-state index in [1.165, 1.54) is 0 Å². The molecule has 0 aliphatic rings. The summed E-state index contributed by atoms with van der Waals surface area (Å²) in [5.74, 6) is 0. The molecular weight excluding hydrogens is 95.0 g/mol. The van der Waals surface area contributed by atoms with Crippen molar-refractivity contribution in [2.24, 2.45) is 0 Å². The molecule has 0 aliphatic carbocycles. The molecule has 0 N–H and O–H groups in total. The zero-order chi connectivity index (χ0) is 5.21. The molecule has 0 bridgehead atoms. The Balaban J connectivity index is 3.94. The lowest BCUT2D eigenvalue weighted by Crippen LogP contribution is -1.61. The summed E-state index contributed by atoms with van der Waals surface area (Å²) in [5, 5.41) is 0. The van der Waals surface area contributed by atoms with Crippen LogP contribution >= 0.6 is 7.14 Å². The maximum absolute atomic E-state index is 10.3. The first kappa shape index (κ1) is 5.79. The maximum atomic E-state index is 10.3. The predicted molar refractivity (Wildman–Crippen MR) is 28.3 cm³/mol. The summed E-state index contributed by atoms with van der Waals surface area (Å²) in [6.45, 7) is 3.12. The van der Waals surface area contributed by atoms with Gasteiger partial charge in [-0.1, -0.05) is 0 Å². The zero-order valence-electron chi connectivity index (χ0n) is 3.93. The number of terminal acetylenes is 1. The second kappa shape index (κ2) is 1.49. The first-order chi connectivity index (χ1) is 2.56. The molecule has 0 aromatic heterocycles. The summed E-state index contributed by atoms with van der Waals surface area (Å²) in [7, 11) is -2.12. The van der Waals surface area contributed by atoms with Crippen molar-refractivity contribution in [1.29, 1.82) is 0 Å². The Morgan fingerprint density at radius 2 is 1.83 bits per heavy atom. The van der Waals surface area contributed by atoms with Gasteiger partial charge in [-0.3, -0.25) is 0 Å². The quantitative estimate of drug-likeness (QED) is 0.331. The molecule has 34 valence electrons. The van der Waals surface area contributed by atoms with Crippen molar-refractivity contribution in [2.45, 2.75) is 0 Å². The summed E-state index contributed by atoms with van der Waals surface area (Å²) in [4.78, 5) is 0. The highest BCUT2D eigenvalue weighted by Gasteiger charge is 1.95. The Morgan fingerprint density at radius 3 is 1.83 bits per heavy atom. The lowest BCUT2D eigenvalue weighted by atomic mass is 11.4. The minimum absolute atomic E-state index is 1.56. The van der Waals surface area contributed by atoms with Crippen LogP contribution in [-0.2, 0) is 4.57 Å². The van der Waals surface area contributed by atoms with E-state index in [0.717, 1.165) is 0 Å². The van der Waals surface area contributed by atoms with Crippen molar-refractivity contribution >= 4 is 7.14 Å². The normalized spacial score (nSPS) is 10.2. The van der Waals surface area contributed by atoms with Crippen molar-refractivity contribution in [3.63, 3.8) is 0 Å². The fourth-order valence-electron chi connectivity index (χ4n) is 0. The second-order valence-corrected chi connectivity index (χ2v) is 4.44. The molecule has 0 atom stereocenters. The second-order valence-electron chi connectivity index (χ2n) is 1.48. The van der Waals surface area contributed by atoms with Crippen LogP contribution in [0.3, 0.4) is 0 Å². The largest absolute Gasteiger partial charge is 0.311 e. The average molecular weight is 102 g/mol. The van der Waals surface area contributed by atoms with Gasteiger partial charge >= 0.3 is 0 Å². The minimum atomic E-state index is -2.12. The fraction of sp³-hybridized carbons (Fsp3) is 0.500. The van der Waals surface area contributed by atoms with Crippen LogP contribution in [0.5, 0.6) is 0 Å². The van der Waals surface area contributed by atoms with E-state index in [1.54, 1.807) is 13.3 Å². The third-order valence-corrected chi connectivity index (χ3v) is 0.933. The summed E-state index contributed by atoms with van der Waals surface area (Å²) >= 11 is 0. The minimum Gasteiger partial charge on any atom is -0.311 e. The molecule has 0 radical (unpaired) electrons. The van der Waals surface area contributed by atoms with Crippen LogP contribution in [0.15, 0.2) is 0 Å². The van der Waals surface area contributed by atoms with Crippen LogP contribution in [0.2, 0.25) is 0 Å². The van der Waals surface area contributed by atoms with Crippen LogP contribution < -0.4 is 0 Å². The van der Waals surface area contributed by atoms with Crippen molar-refractivity contribution in [3.05, 3.63) is 0 Å². The third kappa shape index (κ3) is 3.79. The van der Waals surface area contributed by atoms with E-state index in [1.807, 2.05) is 0 Å². The first-order valence-electron chi connectivity index (χ1n) is 1.59. The molecule has 2 heteroatoms. The molecule has 0 unspecified atom stereocenters. The Morgan fingerprint density at radius 1 is 1.67 bits per heavy atom. The van der Waals surface area contributed by atoms with Crippen LogP contribution in [0.25, 0.3) is 0 Å². The van der Waals surface area contributed by atoms with Gasteiger partial charge in [-0.05, 0) is 19.0 Å². The molecule has 0 fully saturated rings. The van der Waals surface area contributed by atoms with Crippen molar-refractivity contribution in [2.75, 3.05) is 13.3 Å². The SMILES string of the molecule is C#CP(C)(C)=O. The maximum Gasteiger partial charge on any atom is 0.148 e. The molecule has 0 rings (SSSR count). The molecule has 0 aliphatic heterocycles. The van der Waals surface area contributed by atoms with Gasteiger partial charge in [0.25, 0.3) is 0 Å². The molecule has 0 aromatic carbocycles. The standard InChI is InChI=1S/C4H7OP/c1-4-6(2,3)5/h1H,2-3H3. The highest BCUT2D eigenvalue weighted by Crippen LogP contribution is 2.32. The highest BCUT2D eigenvalue weighted by atomic mass is 31.2. The third-order valence-electron chi connectivity index (χ3n) is 0.311. The van der Waals surface area contributed by atoms with Crippen LogP contribution in [0, 0.1) is 12.1 Å². The van der Waals surface area contributed by atoms with E-state index in [9.17, 15) is 4.57 Å². The van der Waals surface area contributed by atoms with Crippen LogP contribution in [0.4, 0.5) is 0 Å². The van der Waals surface area contributed by atoms with E-state index < -0.39 is 7.14 Å². The molecule has 6 heavy (non-hydrogen) atoms. The Kier molecular flexibility index (Phi) is 1.44. The molecular formula is C4H7OP. The molecule has 0 saturated carbocycles. The van der Waals surface area contributed by atoms with Gasteiger partial charge in [0.1, 0.15) is 7.14 Å². The Hall–Kier alpha value is -0.210. The lowest BCUT2D eigenvalue weighted by molar-refractivity contribution is 0.589. The molecule has 0 aromatic rings. The number of hydrogen-bond donors (Lipinski definition) is 0. The van der Waals surface area contributed by atoms with E-state index >= 15 is 0 Å². The van der Waals surface area contributed by atoms with Gasteiger partial charge in [0, 0.05) is 0 Å². The van der Waals surface area contributed by atoms with E-state index in [4.69, 9.17) is 6.42 Å². The Bertz CT molecular complexity index is 114. The summed E-state index contributed by atoms with van der Waals surface area (Å²) in [5.41, 5.74) is 2.16. The van der Waals surface area contributed by atoms with E-state index in [-0.39, 0.29) is 0 Å². The van der Waals surface area contributed by atoms with Crippen molar-refractivity contribution in [1.82, 2.24) is 0 Å². The lowest BCUT2D eigenvalue weighted by Gasteiger charge is -1.86. The fourth-order valence-corrected chi connectivity index (χ4v) is 0. The smallest absolute Gasteiger partial charge is 0.148 e. The number of hydrogen-bond acceptors (Lipinski definition) is 1. The summed E-state index contributed by atoms with van der Waals surface area (Å²) < 4.78 is 10.3. The first-order valence-corrected chi connectivity index (χ1v) is 4.19. The van der Waals surface area contributed by atoms with Crippen molar-refractivity contribution < 1.29 is 4.57 Å². The Labute approximate surface area is 38.1 Å². The summed E-state index contributed by atoms with van der Waals surface area (Å²) in [6.07, 6.45) is 4.79.